The molecule has 1 aliphatic heterocycles. The number of carbonyl (C=O) groups excluding carboxylic acids is 1. The molecular formula is C16H17ClN2O3S2. The Morgan fingerprint density at radius 2 is 1.96 bits per heavy atom. The van der Waals surface area contributed by atoms with Crippen molar-refractivity contribution in [3.05, 3.63) is 46.3 Å². The van der Waals surface area contributed by atoms with Gasteiger partial charge in [-0.3, -0.25) is 4.79 Å². The first kappa shape index (κ1) is 17.4. The third-order valence-corrected chi connectivity index (χ3v) is 7.53. The Morgan fingerprint density at radius 3 is 2.58 bits per heavy atom. The summed E-state index contributed by atoms with van der Waals surface area (Å²) in [6.07, 6.45) is 1.19. The number of thiophene rings is 1. The van der Waals surface area contributed by atoms with Crippen molar-refractivity contribution in [2.24, 2.45) is 0 Å². The lowest BCUT2D eigenvalue weighted by molar-refractivity contribution is -0.119. The van der Waals surface area contributed by atoms with Gasteiger partial charge in [-0.25, -0.2) is 8.42 Å². The lowest BCUT2D eigenvalue weighted by Crippen LogP contribution is -2.42. The summed E-state index contributed by atoms with van der Waals surface area (Å²) in [6, 6.07) is 9.42. The highest BCUT2D eigenvalue weighted by Crippen LogP contribution is 2.30. The van der Waals surface area contributed by atoms with E-state index < -0.39 is 16.1 Å². The van der Waals surface area contributed by atoms with Crippen molar-refractivity contribution in [2.75, 3.05) is 11.9 Å². The molecule has 1 N–H and O–H groups in total. The van der Waals surface area contributed by atoms with E-state index in [-0.39, 0.29) is 10.1 Å². The van der Waals surface area contributed by atoms with E-state index in [2.05, 4.69) is 5.32 Å². The Hall–Kier alpha value is -1.41. The van der Waals surface area contributed by atoms with Gasteiger partial charge in [-0.2, -0.15) is 4.31 Å². The van der Waals surface area contributed by atoms with Gasteiger partial charge in [-0.05, 0) is 56.2 Å². The third kappa shape index (κ3) is 3.49. The van der Waals surface area contributed by atoms with Crippen LogP contribution >= 0.6 is 22.9 Å². The van der Waals surface area contributed by atoms with Crippen LogP contribution in [-0.2, 0) is 14.8 Å². The van der Waals surface area contributed by atoms with Crippen LogP contribution in [0.3, 0.4) is 0 Å². The maximum Gasteiger partial charge on any atom is 0.253 e. The highest BCUT2D eigenvalue weighted by Gasteiger charge is 2.40. The molecule has 1 aromatic heterocycles. The van der Waals surface area contributed by atoms with Crippen molar-refractivity contribution in [1.82, 2.24) is 4.31 Å². The zero-order chi connectivity index (χ0) is 17.3. The van der Waals surface area contributed by atoms with Crippen LogP contribution in [0.15, 0.2) is 40.6 Å². The maximum absolute atomic E-state index is 12.8. The van der Waals surface area contributed by atoms with Crippen molar-refractivity contribution in [3.8, 4) is 0 Å². The number of nitrogens with zero attached hydrogens (tertiary/aromatic N) is 1. The summed E-state index contributed by atoms with van der Waals surface area (Å²) in [4.78, 5) is 13.5. The van der Waals surface area contributed by atoms with Crippen LogP contribution in [-0.4, -0.2) is 31.2 Å². The van der Waals surface area contributed by atoms with Crippen LogP contribution < -0.4 is 5.32 Å². The van der Waals surface area contributed by atoms with E-state index in [9.17, 15) is 13.2 Å². The Kier molecular flexibility index (Phi) is 4.96. The number of nitrogens with one attached hydrogen (secondary N) is 1. The summed E-state index contributed by atoms with van der Waals surface area (Å²) in [7, 11) is -3.64. The summed E-state index contributed by atoms with van der Waals surface area (Å²) < 4.78 is 27.2. The van der Waals surface area contributed by atoms with E-state index >= 15 is 0 Å². The van der Waals surface area contributed by atoms with Crippen molar-refractivity contribution in [3.63, 3.8) is 0 Å². The summed E-state index contributed by atoms with van der Waals surface area (Å²) in [6.45, 7) is 2.22. The molecule has 1 saturated heterocycles. The van der Waals surface area contributed by atoms with Gasteiger partial charge >= 0.3 is 0 Å². The Labute approximate surface area is 150 Å². The van der Waals surface area contributed by atoms with E-state index in [1.807, 2.05) is 6.92 Å². The Morgan fingerprint density at radius 1 is 1.25 bits per heavy atom. The summed E-state index contributed by atoms with van der Waals surface area (Å²) in [5.41, 5.74) is 0.598. The highest BCUT2D eigenvalue weighted by atomic mass is 35.5. The molecular weight excluding hydrogens is 368 g/mol. The van der Waals surface area contributed by atoms with Gasteiger partial charge in [-0.15, -0.1) is 11.3 Å². The van der Waals surface area contributed by atoms with Crippen LogP contribution in [0.1, 0.15) is 17.7 Å². The number of sulfonamides is 1. The molecule has 0 saturated carbocycles. The molecule has 3 rings (SSSR count). The van der Waals surface area contributed by atoms with Crippen molar-refractivity contribution in [2.45, 2.75) is 30.0 Å². The minimum atomic E-state index is -3.64. The van der Waals surface area contributed by atoms with E-state index in [0.29, 0.717) is 30.1 Å². The maximum atomic E-state index is 12.8. The van der Waals surface area contributed by atoms with Gasteiger partial charge in [0.15, 0.2) is 0 Å². The van der Waals surface area contributed by atoms with Crippen molar-refractivity contribution in [1.29, 1.82) is 0 Å². The van der Waals surface area contributed by atoms with Gasteiger partial charge in [0.2, 0.25) is 5.91 Å². The number of aryl methyl sites for hydroxylation is 1. The van der Waals surface area contributed by atoms with Gasteiger partial charge in [0.25, 0.3) is 10.0 Å². The average Bonchev–Trinajstić information content (AvgIpc) is 3.19. The molecule has 2 heterocycles. The minimum absolute atomic E-state index is 0.284. The third-order valence-electron chi connectivity index (χ3n) is 3.90. The Bertz CT molecular complexity index is 846. The summed E-state index contributed by atoms with van der Waals surface area (Å²) >= 11 is 7.05. The minimum Gasteiger partial charge on any atom is -0.325 e. The molecule has 24 heavy (non-hydrogen) atoms. The standard InChI is InChI=1S/C16H17ClN2O3S2/c1-11-4-9-15(23-11)24(21,22)19-10-2-3-14(19)16(20)18-13-7-5-12(17)6-8-13/h4-9,14H,2-3,10H2,1H3,(H,18,20)/t14-/m0/s1. The predicted molar refractivity (Wildman–Crippen MR) is 96.1 cm³/mol. The second-order valence-electron chi connectivity index (χ2n) is 5.64. The number of carbonyl (C=O) groups is 1. The van der Waals surface area contributed by atoms with Gasteiger partial charge in [0, 0.05) is 22.1 Å². The number of amides is 1. The predicted octanol–water partition coefficient (Wildman–Crippen LogP) is 3.50. The molecule has 128 valence electrons. The van der Waals surface area contributed by atoms with E-state index in [4.69, 9.17) is 11.6 Å². The number of halogens is 1. The highest BCUT2D eigenvalue weighted by molar-refractivity contribution is 7.91. The second kappa shape index (κ2) is 6.84. The molecule has 1 aliphatic rings. The molecule has 1 fully saturated rings. The molecule has 0 spiro atoms. The molecule has 0 unspecified atom stereocenters. The number of hydrogen-bond acceptors (Lipinski definition) is 4. The SMILES string of the molecule is Cc1ccc(S(=O)(=O)N2CCC[C@H]2C(=O)Nc2ccc(Cl)cc2)s1. The fourth-order valence-corrected chi connectivity index (χ4v) is 5.91. The molecule has 1 amide bonds. The summed E-state index contributed by atoms with van der Waals surface area (Å²) in [5, 5.41) is 3.34. The second-order valence-corrected chi connectivity index (χ2v) is 9.48. The lowest BCUT2D eigenvalue weighted by atomic mass is 10.2. The zero-order valence-electron chi connectivity index (χ0n) is 13.0. The van der Waals surface area contributed by atoms with Crippen LogP contribution in [0.25, 0.3) is 0 Å². The first-order valence-corrected chi connectivity index (χ1v) is 10.2. The van der Waals surface area contributed by atoms with E-state index in [1.54, 1.807) is 36.4 Å². The monoisotopic (exact) mass is 384 g/mol. The molecule has 8 heteroatoms. The van der Waals surface area contributed by atoms with Crippen LogP contribution in [0.4, 0.5) is 5.69 Å². The molecule has 0 radical (unpaired) electrons. The van der Waals surface area contributed by atoms with E-state index in [1.165, 1.54) is 15.6 Å². The van der Waals surface area contributed by atoms with Gasteiger partial charge in [0.1, 0.15) is 10.3 Å². The molecule has 2 aromatic rings. The fourth-order valence-electron chi connectivity index (χ4n) is 2.71. The van der Waals surface area contributed by atoms with Crippen molar-refractivity contribution >= 4 is 44.6 Å². The van der Waals surface area contributed by atoms with Gasteiger partial charge in [0.05, 0.1) is 0 Å². The smallest absolute Gasteiger partial charge is 0.253 e. The van der Waals surface area contributed by atoms with Gasteiger partial charge < -0.3 is 5.32 Å². The average molecular weight is 385 g/mol. The Balaban J connectivity index is 1.80. The lowest BCUT2D eigenvalue weighted by Gasteiger charge is -2.22. The molecule has 5 nitrogen and oxygen atoms in total. The quantitative estimate of drug-likeness (QED) is 0.877. The zero-order valence-corrected chi connectivity index (χ0v) is 15.4. The fraction of sp³-hybridized carbons (Fsp3) is 0.312. The van der Waals surface area contributed by atoms with E-state index in [0.717, 1.165) is 4.88 Å². The molecule has 0 bridgehead atoms. The number of benzene rings is 1. The van der Waals surface area contributed by atoms with Crippen LogP contribution in [0, 0.1) is 6.92 Å². The molecule has 1 atom stereocenters. The number of hydrogen-bond donors (Lipinski definition) is 1. The van der Waals surface area contributed by atoms with Crippen molar-refractivity contribution < 1.29 is 13.2 Å². The van der Waals surface area contributed by atoms with Gasteiger partial charge in [-0.1, -0.05) is 11.6 Å². The topological polar surface area (TPSA) is 66.5 Å². The van der Waals surface area contributed by atoms with Crippen LogP contribution in [0.5, 0.6) is 0 Å². The van der Waals surface area contributed by atoms with Crippen LogP contribution in [0.2, 0.25) is 5.02 Å². The number of rotatable bonds is 4. The summed E-state index contributed by atoms with van der Waals surface area (Å²) in [5.74, 6) is -0.313. The normalized spacial score (nSPS) is 18.7. The molecule has 0 aliphatic carbocycles. The largest absolute Gasteiger partial charge is 0.325 e. The first-order valence-electron chi connectivity index (χ1n) is 7.52. The number of anilines is 1. The molecule has 1 aromatic carbocycles. The first-order chi connectivity index (χ1) is 11.4.